The number of nitrogens with one attached hydrogen (secondary N) is 1. The zero-order valence-corrected chi connectivity index (χ0v) is 17.5. The highest BCUT2D eigenvalue weighted by Crippen LogP contribution is 2.29. The van der Waals surface area contributed by atoms with E-state index in [0.717, 1.165) is 5.39 Å². The molecule has 2 heterocycles. The van der Waals surface area contributed by atoms with Gasteiger partial charge in [0.2, 0.25) is 10.0 Å². The van der Waals surface area contributed by atoms with Crippen LogP contribution in [-0.2, 0) is 14.8 Å². The number of aryl methyl sites for hydroxylation is 1. The van der Waals surface area contributed by atoms with Crippen molar-refractivity contribution in [1.29, 1.82) is 0 Å². The number of methoxy groups -OCH3 is 1. The summed E-state index contributed by atoms with van der Waals surface area (Å²) in [6.07, 6.45) is 0. The second-order valence-corrected chi connectivity index (χ2v) is 8.85. The van der Waals surface area contributed by atoms with Crippen LogP contribution in [0.25, 0.3) is 11.0 Å². The third-order valence-corrected chi connectivity index (χ3v) is 6.94. The number of sulfonamides is 1. The molecule has 1 amide bonds. The minimum absolute atomic E-state index is 0.119. The monoisotopic (exact) mass is 430 g/mol. The quantitative estimate of drug-likeness (QED) is 0.668. The molecule has 0 radical (unpaired) electrons. The Balaban J connectivity index is 1.59. The summed E-state index contributed by atoms with van der Waals surface area (Å²) >= 11 is 0. The van der Waals surface area contributed by atoms with Crippen molar-refractivity contribution >= 4 is 32.6 Å². The van der Waals surface area contributed by atoms with E-state index < -0.39 is 15.9 Å². The molecule has 0 atom stereocenters. The highest BCUT2D eigenvalue weighted by atomic mass is 32.2. The van der Waals surface area contributed by atoms with Gasteiger partial charge in [-0.05, 0) is 43.3 Å². The molecule has 0 spiro atoms. The molecule has 2 aromatic carbocycles. The van der Waals surface area contributed by atoms with Gasteiger partial charge in [0.05, 0.1) is 25.2 Å². The molecule has 8 nitrogen and oxygen atoms in total. The van der Waals surface area contributed by atoms with Gasteiger partial charge in [-0.15, -0.1) is 0 Å². The summed E-state index contributed by atoms with van der Waals surface area (Å²) in [5, 5.41) is 3.51. The molecular weight excluding hydrogens is 408 g/mol. The van der Waals surface area contributed by atoms with Gasteiger partial charge in [-0.25, -0.2) is 8.42 Å². The van der Waals surface area contributed by atoms with Crippen molar-refractivity contribution in [3.8, 4) is 5.75 Å². The van der Waals surface area contributed by atoms with Gasteiger partial charge >= 0.3 is 0 Å². The van der Waals surface area contributed by atoms with E-state index >= 15 is 0 Å². The van der Waals surface area contributed by atoms with Crippen LogP contribution in [0, 0.1) is 6.92 Å². The number of hydrogen-bond acceptors (Lipinski definition) is 6. The molecule has 0 aliphatic carbocycles. The molecule has 4 rings (SSSR count). The van der Waals surface area contributed by atoms with Crippen LogP contribution >= 0.6 is 0 Å². The van der Waals surface area contributed by atoms with Gasteiger partial charge in [-0.2, -0.15) is 4.31 Å². The SMILES string of the molecule is COc1ccc2oc(C(=O)Nc3cccc(S(=O)(=O)N4CCOCC4)c3)c(C)c2c1. The fraction of sp³-hybridized carbons (Fsp3) is 0.286. The number of furan rings is 1. The fourth-order valence-electron chi connectivity index (χ4n) is 3.40. The summed E-state index contributed by atoms with van der Waals surface area (Å²) in [4.78, 5) is 12.9. The van der Waals surface area contributed by atoms with Gasteiger partial charge in [-0.3, -0.25) is 4.79 Å². The minimum Gasteiger partial charge on any atom is -0.497 e. The normalized spacial score (nSPS) is 15.3. The number of anilines is 1. The molecule has 3 aromatic rings. The number of morpholine rings is 1. The van der Waals surface area contributed by atoms with Crippen LogP contribution in [0.2, 0.25) is 0 Å². The van der Waals surface area contributed by atoms with Crippen LogP contribution in [0.1, 0.15) is 16.1 Å². The summed E-state index contributed by atoms with van der Waals surface area (Å²) in [5.74, 6) is 0.377. The first kappa shape index (κ1) is 20.4. The van der Waals surface area contributed by atoms with E-state index in [1.54, 1.807) is 44.4 Å². The Morgan fingerprint density at radius 3 is 2.63 bits per heavy atom. The Morgan fingerprint density at radius 2 is 1.90 bits per heavy atom. The molecule has 9 heteroatoms. The average molecular weight is 430 g/mol. The Kier molecular flexibility index (Phi) is 5.50. The number of rotatable bonds is 5. The van der Waals surface area contributed by atoms with Crippen LogP contribution in [0.3, 0.4) is 0 Å². The Labute approximate surface area is 174 Å². The van der Waals surface area contributed by atoms with Crippen molar-refractivity contribution in [1.82, 2.24) is 4.31 Å². The van der Waals surface area contributed by atoms with Gasteiger partial charge < -0.3 is 19.2 Å². The molecule has 0 saturated carbocycles. The van der Waals surface area contributed by atoms with E-state index in [9.17, 15) is 13.2 Å². The van der Waals surface area contributed by atoms with Gasteiger partial charge in [-0.1, -0.05) is 6.07 Å². The molecule has 1 fully saturated rings. The predicted molar refractivity (Wildman–Crippen MR) is 111 cm³/mol. The summed E-state index contributed by atoms with van der Waals surface area (Å²) in [6, 6.07) is 11.5. The molecule has 0 bridgehead atoms. The maximum Gasteiger partial charge on any atom is 0.291 e. The van der Waals surface area contributed by atoms with Crippen LogP contribution in [-0.4, -0.2) is 52.0 Å². The molecule has 1 aliphatic rings. The van der Waals surface area contributed by atoms with Crippen molar-refractivity contribution in [2.45, 2.75) is 11.8 Å². The Bertz CT molecular complexity index is 1200. The topological polar surface area (TPSA) is 98.1 Å². The maximum atomic E-state index is 12.9. The number of carbonyl (C=O) groups is 1. The highest BCUT2D eigenvalue weighted by Gasteiger charge is 2.27. The minimum atomic E-state index is -3.66. The lowest BCUT2D eigenvalue weighted by molar-refractivity contribution is 0.0730. The largest absolute Gasteiger partial charge is 0.497 e. The van der Waals surface area contributed by atoms with Crippen LogP contribution < -0.4 is 10.1 Å². The summed E-state index contributed by atoms with van der Waals surface area (Å²) in [7, 11) is -2.09. The van der Waals surface area contributed by atoms with Gasteiger partial charge in [0.15, 0.2) is 5.76 Å². The van der Waals surface area contributed by atoms with Crippen molar-refractivity contribution in [3.05, 3.63) is 53.8 Å². The molecule has 1 saturated heterocycles. The maximum absolute atomic E-state index is 12.9. The Hall–Kier alpha value is -2.88. The number of nitrogens with zero attached hydrogens (tertiary/aromatic N) is 1. The molecule has 0 unspecified atom stereocenters. The highest BCUT2D eigenvalue weighted by molar-refractivity contribution is 7.89. The zero-order valence-electron chi connectivity index (χ0n) is 16.7. The number of benzene rings is 2. The van der Waals surface area contributed by atoms with Crippen LogP contribution in [0.4, 0.5) is 5.69 Å². The third kappa shape index (κ3) is 3.79. The predicted octanol–water partition coefficient (Wildman–Crippen LogP) is 3.02. The zero-order chi connectivity index (χ0) is 21.3. The first-order chi connectivity index (χ1) is 14.4. The van der Waals surface area contributed by atoms with E-state index in [4.69, 9.17) is 13.9 Å². The second-order valence-electron chi connectivity index (χ2n) is 6.92. The van der Waals surface area contributed by atoms with Crippen LogP contribution in [0.5, 0.6) is 5.75 Å². The average Bonchev–Trinajstić information content (AvgIpc) is 3.10. The number of fused-ring (bicyclic) bond motifs is 1. The number of carbonyl (C=O) groups excluding carboxylic acids is 1. The van der Waals surface area contributed by atoms with Crippen LogP contribution in [0.15, 0.2) is 51.8 Å². The molecule has 1 aliphatic heterocycles. The van der Waals surface area contributed by atoms with E-state index in [2.05, 4.69) is 5.32 Å². The summed E-state index contributed by atoms with van der Waals surface area (Å²) in [6.45, 7) is 3.14. The smallest absolute Gasteiger partial charge is 0.291 e. The number of ether oxygens (including phenoxy) is 2. The molecule has 1 N–H and O–H groups in total. The third-order valence-electron chi connectivity index (χ3n) is 5.05. The second kappa shape index (κ2) is 8.10. The summed E-state index contributed by atoms with van der Waals surface area (Å²) < 4.78 is 43.3. The van der Waals surface area contributed by atoms with E-state index in [1.807, 2.05) is 0 Å². The first-order valence-electron chi connectivity index (χ1n) is 9.46. The lowest BCUT2D eigenvalue weighted by atomic mass is 10.1. The molecule has 158 valence electrons. The first-order valence-corrected chi connectivity index (χ1v) is 10.9. The standard InChI is InChI=1S/C21H22N2O6S/c1-14-18-13-16(27-2)6-7-19(18)29-20(14)21(24)22-15-4-3-5-17(12-15)30(25,26)23-8-10-28-11-9-23/h3-7,12-13H,8-11H2,1-2H3,(H,22,24). The lowest BCUT2D eigenvalue weighted by Crippen LogP contribution is -2.40. The number of amides is 1. The van der Waals surface area contributed by atoms with Gasteiger partial charge in [0.1, 0.15) is 11.3 Å². The lowest BCUT2D eigenvalue weighted by Gasteiger charge is -2.26. The van der Waals surface area contributed by atoms with E-state index in [1.165, 1.54) is 16.4 Å². The fourth-order valence-corrected chi connectivity index (χ4v) is 4.86. The van der Waals surface area contributed by atoms with Gasteiger partial charge in [0, 0.05) is 29.7 Å². The van der Waals surface area contributed by atoms with E-state index in [0.29, 0.717) is 48.9 Å². The van der Waals surface area contributed by atoms with Gasteiger partial charge in [0.25, 0.3) is 5.91 Å². The van der Waals surface area contributed by atoms with Crippen molar-refractivity contribution in [2.24, 2.45) is 0 Å². The van der Waals surface area contributed by atoms with Crippen molar-refractivity contribution in [3.63, 3.8) is 0 Å². The Morgan fingerprint density at radius 1 is 1.13 bits per heavy atom. The van der Waals surface area contributed by atoms with Crippen molar-refractivity contribution < 1.29 is 27.1 Å². The summed E-state index contributed by atoms with van der Waals surface area (Å²) in [5.41, 5.74) is 1.62. The van der Waals surface area contributed by atoms with E-state index in [-0.39, 0.29) is 10.7 Å². The number of hydrogen-bond donors (Lipinski definition) is 1. The molecule has 30 heavy (non-hydrogen) atoms. The molecule has 1 aromatic heterocycles. The van der Waals surface area contributed by atoms with Crippen molar-refractivity contribution in [2.75, 3.05) is 38.7 Å². The molecular formula is C21H22N2O6S.